The highest BCUT2D eigenvalue weighted by molar-refractivity contribution is 14.0. The zero-order valence-corrected chi connectivity index (χ0v) is 17.3. The van der Waals surface area contributed by atoms with Crippen molar-refractivity contribution in [1.29, 1.82) is 0 Å². The first-order valence-electron chi connectivity index (χ1n) is 9.24. The van der Waals surface area contributed by atoms with E-state index in [1.54, 1.807) is 0 Å². The standard InChI is InChI=1S/C19H25F2N3O.HI/c1-2-22-18(23-11-12-10-13(20)4-5-15(12)21)24-16-14-6-9-25-17(14)19(16)7-3-8-19;/h4-5,10,14,16-17H,2-3,6-9,11H2,1H3,(H2,22,23,24);1H. The normalized spacial score (nSPS) is 28.6. The highest BCUT2D eigenvalue weighted by atomic mass is 127. The zero-order valence-electron chi connectivity index (χ0n) is 14.9. The van der Waals surface area contributed by atoms with Gasteiger partial charge in [-0.2, -0.15) is 0 Å². The quantitative estimate of drug-likeness (QED) is 0.396. The van der Waals surface area contributed by atoms with Gasteiger partial charge >= 0.3 is 0 Å². The molecule has 0 amide bonds. The maximum atomic E-state index is 13.8. The topological polar surface area (TPSA) is 45.7 Å². The first-order valence-corrected chi connectivity index (χ1v) is 9.24. The molecule has 7 heteroatoms. The van der Waals surface area contributed by atoms with Crippen molar-refractivity contribution < 1.29 is 13.5 Å². The van der Waals surface area contributed by atoms with E-state index in [9.17, 15) is 8.78 Å². The molecule has 0 aromatic heterocycles. The molecule has 1 saturated heterocycles. The van der Waals surface area contributed by atoms with Crippen LogP contribution < -0.4 is 10.6 Å². The van der Waals surface area contributed by atoms with Crippen LogP contribution in [0.25, 0.3) is 0 Å². The zero-order chi connectivity index (χ0) is 17.4. The van der Waals surface area contributed by atoms with E-state index >= 15 is 0 Å². The SMILES string of the molecule is CCNC(=NCc1cc(F)ccc1F)NC1C2CCOC2C12CCC2.I. The molecular formula is C19H26F2IN3O. The Labute approximate surface area is 170 Å². The summed E-state index contributed by atoms with van der Waals surface area (Å²) in [4.78, 5) is 4.49. The van der Waals surface area contributed by atoms with Crippen LogP contribution in [0.15, 0.2) is 23.2 Å². The van der Waals surface area contributed by atoms with E-state index in [2.05, 4.69) is 15.6 Å². The Morgan fingerprint density at radius 1 is 1.35 bits per heavy atom. The fourth-order valence-corrected chi connectivity index (χ4v) is 4.75. The summed E-state index contributed by atoms with van der Waals surface area (Å²) in [5, 5.41) is 6.80. The van der Waals surface area contributed by atoms with Crippen LogP contribution in [-0.4, -0.2) is 31.3 Å². The minimum atomic E-state index is -0.442. The number of nitrogens with zero attached hydrogens (tertiary/aromatic N) is 1. The monoisotopic (exact) mass is 477 g/mol. The Hall–Kier alpha value is -0.960. The molecule has 1 heterocycles. The van der Waals surface area contributed by atoms with E-state index < -0.39 is 11.6 Å². The Morgan fingerprint density at radius 2 is 2.15 bits per heavy atom. The number of ether oxygens (including phenoxy) is 1. The first kappa shape index (κ1) is 19.8. The number of halogens is 3. The van der Waals surface area contributed by atoms with Crippen LogP contribution in [-0.2, 0) is 11.3 Å². The highest BCUT2D eigenvalue weighted by Crippen LogP contribution is 2.62. The van der Waals surface area contributed by atoms with Gasteiger partial charge in [-0.25, -0.2) is 13.8 Å². The molecule has 1 aromatic rings. The van der Waals surface area contributed by atoms with Crippen molar-refractivity contribution in [2.24, 2.45) is 16.3 Å². The van der Waals surface area contributed by atoms with Crippen LogP contribution in [0.4, 0.5) is 8.78 Å². The lowest BCUT2D eigenvalue weighted by atomic mass is 9.46. The van der Waals surface area contributed by atoms with Gasteiger partial charge in [0.25, 0.3) is 0 Å². The number of guanidine groups is 1. The molecule has 4 nitrogen and oxygen atoms in total. The summed E-state index contributed by atoms with van der Waals surface area (Å²) in [6, 6.07) is 3.85. The molecule has 1 spiro atoms. The molecule has 3 aliphatic rings. The fourth-order valence-electron chi connectivity index (χ4n) is 4.75. The molecule has 3 atom stereocenters. The van der Waals surface area contributed by atoms with E-state index in [0.29, 0.717) is 24.0 Å². The summed E-state index contributed by atoms with van der Waals surface area (Å²) in [5.74, 6) is 0.343. The molecule has 2 saturated carbocycles. The van der Waals surface area contributed by atoms with Gasteiger partial charge in [-0.3, -0.25) is 0 Å². The lowest BCUT2D eigenvalue weighted by molar-refractivity contribution is -0.171. The van der Waals surface area contributed by atoms with Crippen molar-refractivity contribution >= 4 is 29.9 Å². The van der Waals surface area contributed by atoms with E-state index in [1.165, 1.54) is 25.3 Å². The van der Waals surface area contributed by atoms with Crippen LogP contribution in [0.2, 0.25) is 0 Å². The van der Waals surface area contributed by atoms with Crippen LogP contribution >= 0.6 is 24.0 Å². The average molecular weight is 477 g/mol. The minimum absolute atomic E-state index is 0. The number of hydrogen-bond acceptors (Lipinski definition) is 2. The Morgan fingerprint density at radius 3 is 2.85 bits per heavy atom. The molecule has 3 unspecified atom stereocenters. The summed E-state index contributed by atoms with van der Waals surface area (Å²) in [6.07, 6.45) is 5.13. The molecule has 3 fully saturated rings. The van der Waals surface area contributed by atoms with E-state index in [-0.39, 0.29) is 41.5 Å². The van der Waals surface area contributed by atoms with Crippen molar-refractivity contribution in [1.82, 2.24) is 10.6 Å². The van der Waals surface area contributed by atoms with Gasteiger partial charge in [-0.05, 0) is 44.4 Å². The molecule has 0 bridgehead atoms. The van der Waals surface area contributed by atoms with Crippen molar-refractivity contribution in [3.63, 3.8) is 0 Å². The molecule has 1 aliphatic heterocycles. The van der Waals surface area contributed by atoms with Gasteiger partial charge in [-0.15, -0.1) is 24.0 Å². The molecule has 2 N–H and O–H groups in total. The van der Waals surface area contributed by atoms with Crippen molar-refractivity contribution in [2.45, 2.75) is 51.3 Å². The second-order valence-corrected chi connectivity index (χ2v) is 7.38. The Kier molecular flexibility index (Phi) is 6.06. The molecule has 4 rings (SSSR count). The summed E-state index contributed by atoms with van der Waals surface area (Å²) in [6.45, 7) is 3.68. The average Bonchev–Trinajstić information content (AvgIpc) is 2.96. The molecule has 1 aromatic carbocycles. The number of benzene rings is 1. The largest absolute Gasteiger partial charge is 0.377 e. The summed E-state index contributed by atoms with van der Waals surface area (Å²) in [7, 11) is 0. The summed E-state index contributed by atoms with van der Waals surface area (Å²) < 4.78 is 33.1. The van der Waals surface area contributed by atoms with Gasteiger partial charge in [0.15, 0.2) is 5.96 Å². The number of nitrogens with one attached hydrogen (secondary N) is 2. The van der Waals surface area contributed by atoms with Gasteiger partial charge < -0.3 is 15.4 Å². The lowest BCUT2D eigenvalue weighted by Crippen LogP contribution is -2.72. The van der Waals surface area contributed by atoms with Gasteiger partial charge in [0, 0.05) is 36.1 Å². The van der Waals surface area contributed by atoms with Crippen LogP contribution in [0.5, 0.6) is 0 Å². The van der Waals surface area contributed by atoms with Crippen LogP contribution in [0.1, 0.15) is 38.2 Å². The fraction of sp³-hybridized carbons (Fsp3) is 0.632. The lowest BCUT2D eigenvalue weighted by Gasteiger charge is -2.63. The number of fused-ring (bicyclic) bond motifs is 2. The highest BCUT2D eigenvalue weighted by Gasteiger charge is 2.66. The molecule has 26 heavy (non-hydrogen) atoms. The predicted molar refractivity (Wildman–Crippen MR) is 108 cm³/mol. The van der Waals surface area contributed by atoms with Gasteiger partial charge in [0.05, 0.1) is 12.6 Å². The van der Waals surface area contributed by atoms with Crippen molar-refractivity contribution in [3.05, 3.63) is 35.4 Å². The predicted octanol–water partition coefficient (Wildman–Crippen LogP) is 3.60. The van der Waals surface area contributed by atoms with Gasteiger partial charge in [0.1, 0.15) is 11.6 Å². The summed E-state index contributed by atoms with van der Waals surface area (Å²) in [5.41, 5.74) is 0.521. The number of hydrogen-bond donors (Lipinski definition) is 2. The van der Waals surface area contributed by atoms with E-state index in [0.717, 1.165) is 31.7 Å². The first-order chi connectivity index (χ1) is 12.1. The van der Waals surface area contributed by atoms with Crippen LogP contribution in [0.3, 0.4) is 0 Å². The number of aliphatic imine (C=N–C) groups is 1. The Balaban J connectivity index is 0.00000196. The summed E-state index contributed by atoms with van der Waals surface area (Å²) >= 11 is 0. The second kappa shape index (κ2) is 7.96. The molecule has 0 radical (unpaired) electrons. The maximum absolute atomic E-state index is 13.8. The van der Waals surface area contributed by atoms with E-state index in [1.807, 2.05) is 6.92 Å². The molecular weight excluding hydrogens is 451 g/mol. The van der Waals surface area contributed by atoms with Crippen molar-refractivity contribution in [2.75, 3.05) is 13.2 Å². The molecule has 2 aliphatic carbocycles. The third kappa shape index (κ3) is 3.32. The Bertz CT molecular complexity index is 681. The van der Waals surface area contributed by atoms with E-state index in [4.69, 9.17) is 4.74 Å². The number of rotatable bonds is 4. The second-order valence-electron chi connectivity index (χ2n) is 7.38. The minimum Gasteiger partial charge on any atom is -0.377 e. The molecule has 144 valence electrons. The van der Waals surface area contributed by atoms with Crippen LogP contribution in [0, 0.1) is 23.0 Å². The third-order valence-corrected chi connectivity index (χ3v) is 6.09. The smallest absolute Gasteiger partial charge is 0.191 e. The maximum Gasteiger partial charge on any atom is 0.191 e. The van der Waals surface area contributed by atoms with Crippen molar-refractivity contribution in [3.8, 4) is 0 Å². The van der Waals surface area contributed by atoms with Gasteiger partial charge in [0.2, 0.25) is 0 Å². The van der Waals surface area contributed by atoms with Gasteiger partial charge in [-0.1, -0.05) is 6.42 Å². The third-order valence-electron chi connectivity index (χ3n) is 6.09.